The van der Waals surface area contributed by atoms with Gasteiger partial charge >= 0.3 is 5.69 Å². The van der Waals surface area contributed by atoms with Crippen molar-refractivity contribution in [3.63, 3.8) is 0 Å². The zero-order chi connectivity index (χ0) is 13.8. The van der Waals surface area contributed by atoms with Gasteiger partial charge in [0.25, 0.3) is 0 Å². The lowest BCUT2D eigenvalue weighted by Gasteiger charge is -2.19. The van der Waals surface area contributed by atoms with Gasteiger partial charge < -0.3 is 15.3 Å². The maximum absolute atomic E-state index is 11.3. The van der Waals surface area contributed by atoms with Gasteiger partial charge in [-0.25, -0.2) is 4.79 Å². The lowest BCUT2D eigenvalue weighted by molar-refractivity contribution is 0.493. The maximum atomic E-state index is 11.3. The highest BCUT2D eigenvalue weighted by atomic mass is 79.9. The van der Waals surface area contributed by atoms with E-state index in [-0.39, 0.29) is 5.69 Å². The minimum atomic E-state index is -0.160. The number of fused-ring (bicyclic) bond motifs is 1. The Bertz CT molecular complexity index is 602. The molecule has 0 spiro atoms. The highest BCUT2D eigenvalue weighted by Crippen LogP contribution is 2.29. The highest BCUT2D eigenvalue weighted by molar-refractivity contribution is 9.10. The molecule has 5 heteroatoms. The number of rotatable bonds is 6. The van der Waals surface area contributed by atoms with Crippen molar-refractivity contribution in [2.75, 3.05) is 6.54 Å². The molecule has 0 saturated heterocycles. The summed E-state index contributed by atoms with van der Waals surface area (Å²) < 4.78 is 1.04. The van der Waals surface area contributed by atoms with Gasteiger partial charge in [-0.15, -0.1) is 0 Å². The number of hydrogen-bond donors (Lipinski definition) is 3. The van der Waals surface area contributed by atoms with Gasteiger partial charge in [0.15, 0.2) is 0 Å². The summed E-state index contributed by atoms with van der Waals surface area (Å²) in [5, 5.41) is 3.57. The smallest absolute Gasteiger partial charge is 0.310 e. The molecule has 1 aromatic heterocycles. The van der Waals surface area contributed by atoms with Crippen LogP contribution in [0.1, 0.15) is 44.7 Å². The summed E-state index contributed by atoms with van der Waals surface area (Å²) in [5.41, 5.74) is 2.75. The van der Waals surface area contributed by atoms with Crippen LogP contribution < -0.4 is 11.0 Å². The molecule has 0 aliphatic carbocycles. The molecule has 19 heavy (non-hydrogen) atoms. The molecule has 2 aromatic rings. The molecule has 104 valence electrons. The number of H-pyrrole nitrogens is 2. The second kappa shape index (κ2) is 6.39. The number of nitrogens with one attached hydrogen (secondary N) is 3. The Balaban J connectivity index is 2.39. The zero-order valence-electron chi connectivity index (χ0n) is 11.3. The molecule has 0 amide bonds. The van der Waals surface area contributed by atoms with E-state index < -0.39 is 0 Å². The van der Waals surface area contributed by atoms with Crippen LogP contribution in [0.2, 0.25) is 0 Å². The molecule has 0 fully saturated rings. The highest BCUT2D eigenvalue weighted by Gasteiger charge is 2.14. The molecule has 0 radical (unpaired) electrons. The van der Waals surface area contributed by atoms with Crippen LogP contribution in [0.15, 0.2) is 21.4 Å². The summed E-state index contributed by atoms with van der Waals surface area (Å²) in [4.78, 5) is 16.9. The van der Waals surface area contributed by atoms with Crippen LogP contribution in [0.3, 0.4) is 0 Å². The summed E-state index contributed by atoms with van der Waals surface area (Å²) >= 11 is 3.61. The van der Waals surface area contributed by atoms with Gasteiger partial charge in [-0.1, -0.05) is 36.2 Å². The molecule has 1 atom stereocenters. The van der Waals surface area contributed by atoms with E-state index in [4.69, 9.17) is 0 Å². The summed E-state index contributed by atoms with van der Waals surface area (Å²) in [7, 11) is 0. The first kappa shape index (κ1) is 14.3. The summed E-state index contributed by atoms with van der Waals surface area (Å²) in [6.45, 7) is 5.35. The van der Waals surface area contributed by atoms with Crippen LogP contribution >= 0.6 is 15.9 Å². The quantitative estimate of drug-likeness (QED) is 0.761. The zero-order valence-corrected chi connectivity index (χ0v) is 12.9. The second-order valence-electron chi connectivity index (χ2n) is 4.79. The minimum absolute atomic E-state index is 0.160. The number of aromatic amines is 2. The van der Waals surface area contributed by atoms with Crippen molar-refractivity contribution >= 4 is 27.0 Å². The molecule has 0 bridgehead atoms. The van der Waals surface area contributed by atoms with Gasteiger partial charge in [0.1, 0.15) is 0 Å². The molecule has 0 aliphatic rings. The first-order valence-electron chi connectivity index (χ1n) is 6.80. The third-order valence-electron chi connectivity index (χ3n) is 3.23. The van der Waals surface area contributed by atoms with Crippen LogP contribution in [-0.2, 0) is 0 Å². The van der Waals surface area contributed by atoms with Gasteiger partial charge in [0.2, 0.25) is 0 Å². The third-order valence-corrected chi connectivity index (χ3v) is 3.91. The summed E-state index contributed by atoms with van der Waals surface area (Å²) in [5.74, 6) is 0. The van der Waals surface area contributed by atoms with Crippen LogP contribution in [0.4, 0.5) is 0 Å². The number of imidazole rings is 1. The van der Waals surface area contributed by atoms with E-state index in [2.05, 4.69) is 51.1 Å². The van der Waals surface area contributed by atoms with E-state index in [1.54, 1.807) is 0 Å². The fourth-order valence-corrected chi connectivity index (χ4v) is 2.93. The molecule has 0 aliphatic heterocycles. The SMILES string of the molecule is CCCNC(CCC)c1cc2[nH]c(=O)[nH]c2cc1Br. The molecule has 1 aromatic carbocycles. The molecular formula is C14H20BrN3O. The number of halogens is 1. The number of aromatic nitrogens is 2. The standard InChI is InChI=1S/C14H20BrN3O/c1-3-5-11(16-6-4-2)9-7-12-13(8-10(9)15)18-14(19)17-12/h7-8,11,16H,3-6H2,1-2H3,(H2,17,18,19). The van der Waals surface area contributed by atoms with Gasteiger partial charge in [0, 0.05) is 10.5 Å². The van der Waals surface area contributed by atoms with E-state index in [9.17, 15) is 4.79 Å². The second-order valence-corrected chi connectivity index (χ2v) is 5.65. The Morgan fingerprint density at radius 1 is 1.21 bits per heavy atom. The largest absolute Gasteiger partial charge is 0.323 e. The van der Waals surface area contributed by atoms with Crippen molar-refractivity contribution in [2.45, 2.75) is 39.2 Å². The Kier molecular flexibility index (Phi) is 4.82. The lowest BCUT2D eigenvalue weighted by atomic mass is 10.0. The maximum Gasteiger partial charge on any atom is 0.323 e. The fraction of sp³-hybridized carbons (Fsp3) is 0.500. The average Bonchev–Trinajstić information content (AvgIpc) is 2.73. The third kappa shape index (κ3) is 3.28. The van der Waals surface area contributed by atoms with Crippen molar-refractivity contribution in [1.82, 2.24) is 15.3 Å². The molecule has 4 nitrogen and oxygen atoms in total. The monoisotopic (exact) mass is 325 g/mol. The Morgan fingerprint density at radius 3 is 2.53 bits per heavy atom. The van der Waals surface area contributed by atoms with Gasteiger partial charge in [-0.3, -0.25) is 0 Å². The van der Waals surface area contributed by atoms with Crippen LogP contribution in [0.5, 0.6) is 0 Å². The Morgan fingerprint density at radius 2 is 1.89 bits per heavy atom. The van der Waals surface area contributed by atoms with Gasteiger partial charge in [0.05, 0.1) is 11.0 Å². The topological polar surface area (TPSA) is 60.7 Å². The van der Waals surface area contributed by atoms with Crippen LogP contribution in [0.25, 0.3) is 11.0 Å². The van der Waals surface area contributed by atoms with E-state index in [1.807, 2.05) is 6.07 Å². The van der Waals surface area contributed by atoms with E-state index in [0.29, 0.717) is 6.04 Å². The van der Waals surface area contributed by atoms with Crippen LogP contribution in [0, 0.1) is 0 Å². The predicted molar refractivity (Wildman–Crippen MR) is 82.6 cm³/mol. The minimum Gasteiger partial charge on any atom is -0.310 e. The van der Waals surface area contributed by atoms with Crippen molar-refractivity contribution in [1.29, 1.82) is 0 Å². The molecule has 1 unspecified atom stereocenters. The number of hydrogen-bond acceptors (Lipinski definition) is 2. The Hall–Kier alpha value is -1.07. The summed E-state index contributed by atoms with van der Waals surface area (Å²) in [6, 6.07) is 4.35. The Labute approximate surface area is 121 Å². The summed E-state index contributed by atoms with van der Waals surface area (Å²) in [6.07, 6.45) is 3.31. The molecule has 0 saturated carbocycles. The first-order valence-corrected chi connectivity index (χ1v) is 7.59. The molecule has 2 rings (SSSR count). The van der Waals surface area contributed by atoms with Gasteiger partial charge in [-0.2, -0.15) is 0 Å². The van der Waals surface area contributed by atoms with Crippen molar-refractivity contribution in [3.8, 4) is 0 Å². The molecule has 3 N–H and O–H groups in total. The van der Waals surface area contributed by atoms with Crippen LogP contribution in [-0.4, -0.2) is 16.5 Å². The van der Waals surface area contributed by atoms with Crippen molar-refractivity contribution in [3.05, 3.63) is 32.7 Å². The number of benzene rings is 1. The fourth-order valence-electron chi connectivity index (χ4n) is 2.31. The predicted octanol–water partition coefficient (Wildman–Crippen LogP) is 3.46. The normalized spacial score (nSPS) is 13.0. The first-order chi connectivity index (χ1) is 9.15. The molecule has 1 heterocycles. The van der Waals surface area contributed by atoms with E-state index >= 15 is 0 Å². The van der Waals surface area contributed by atoms with E-state index in [1.165, 1.54) is 5.56 Å². The molecular weight excluding hydrogens is 306 g/mol. The average molecular weight is 326 g/mol. The lowest BCUT2D eigenvalue weighted by Crippen LogP contribution is -2.22. The van der Waals surface area contributed by atoms with Crippen molar-refractivity contribution in [2.24, 2.45) is 0 Å². The van der Waals surface area contributed by atoms with Crippen molar-refractivity contribution < 1.29 is 0 Å². The van der Waals surface area contributed by atoms with Gasteiger partial charge in [-0.05, 0) is 37.1 Å². The van der Waals surface area contributed by atoms with E-state index in [0.717, 1.165) is 41.3 Å².